The second-order valence-electron chi connectivity index (χ2n) is 6.04. The van der Waals surface area contributed by atoms with E-state index in [0.717, 1.165) is 28.9 Å². The van der Waals surface area contributed by atoms with Crippen LogP contribution in [0.1, 0.15) is 18.1 Å². The number of nitrogens with zero attached hydrogens (tertiary/aromatic N) is 4. The Labute approximate surface area is 159 Å². The van der Waals surface area contributed by atoms with Gasteiger partial charge in [0.2, 0.25) is 11.1 Å². The number of rotatable bonds is 5. The van der Waals surface area contributed by atoms with Crippen LogP contribution in [0.4, 0.5) is 14.5 Å². The van der Waals surface area contributed by atoms with Crippen LogP contribution in [-0.4, -0.2) is 31.4 Å². The number of aryl methyl sites for hydroxylation is 2. The van der Waals surface area contributed by atoms with Crippen LogP contribution in [-0.2, 0) is 4.79 Å². The van der Waals surface area contributed by atoms with Crippen molar-refractivity contribution in [2.75, 3.05) is 5.32 Å². The second kappa shape index (κ2) is 7.83. The largest absolute Gasteiger partial charge is 0.325 e. The Bertz CT molecular complexity index is 992. The van der Waals surface area contributed by atoms with E-state index in [1.807, 2.05) is 32.0 Å². The summed E-state index contributed by atoms with van der Waals surface area (Å²) in [5.41, 5.74) is 3.13. The first-order valence-corrected chi connectivity index (χ1v) is 9.01. The Morgan fingerprint density at radius 3 is 2.63 bits per heavy atom. The van der Waals surface area contributed by atoms with Gasteiger partial charge < -0.3 is 5.32 Å². The predicted octanol–water partition coefficient (Wildman–Crippen LogP) is 3.68. The molecule has 1 amide bonds. The third-order valence-corrected chi connectivity index (χ3v) is 4.89. The Morgan fingerprint density at radius 2 is 1.93 bits per heavy atom. The van der Waals surface area contributed by atoms with E-state index in [1.54, 1.807) is 11.6 Å². The molecule has 6 nitrogen and oxygen atoms in total. The number of anilines is 1. The fourth-order valence-electron chi connectivity index (χ4n) is 2.48. The number of carbonyl (C=O) groups is 1. The van der Waals surface area contributed by atoms with Crippen molar-refractivity contribution in [3.8, 4) is 5.69 Å². The highest BCUT2D eigenvalue weighted by Gasteiger charge is 2.20. The van der Waals surface area contributed by atoms with Crippen LogP contribution < -0.4 is 5.32 Å². The molecule has 1 N–H and O–H groups in total. The summed E-state index contributed by atoms with van der Waals surface area (Å²) in [6.45, 7) is 5.63. The minimum atomic E-state index is -1.02. The van der Waals surface area contributed by atoms with Crippen LogP contribution >= 0.6 is 11.8 Å². The van der Waals surface area contributed by atoms with Crippen molar-refractivity contribution in [3.63, 3.8) is 0 Å². The van der Waals surface area contributed by atoms with Gasteiger partial charge in [-0.25, -0.2) is 8.78 Å². The zero-order valence-electron chi connectivity index (χ0n) is 14.9. The summed E-state index contributed by atoms with van der Waals surface area (Å²) in [7, 11) is 0. The van der Waals surface area contributed by atoms with Gasteiger partial charge in [0.05, 0.1) is 10.9 Å². The molecule has 0 bridgehead atoms. The Morgan fingerprint density at radius 1 is 1.15 bits per heavy atom. The number of hydrogen-bond donors (Lipinski definition) is 1. The molecule has 27 heavy (non-hydrogen) atoms. The molecule has 2 aromatic carbocycles. The van der Waals surface area contributed by atoms with E-state index < -0.39 is 16.9 Å². The standard InChI is InChI=1S/C18H17F2N5OS/c1-10-4-7-16(11(2)8-10)25-18(22-23-24-25)27-12(3)17(26)21-13-5-6-14(19)15(20)9-13/h4-9,12H,1-3H3,(H,21,26)/t12-/m1/s1. The molecule has 0 aliphatic heterocycles. The highest BCUT2D eigenvalue weighted by molar-refractivity contribution is 8.00. The number of carbonyl (C=O) groups excluding carboxylic acids is 1. The van der Waals surface area contributed by atoms with Gasteiger partial charge in [-0.1, -0.05) is 29.5 Å². The zero-order valence-corrected chi connectivity index (χ0v) is 15.7. The molecule has 0 unspecified atom stereocenters. The average Bonchev–Trinajstić information content (AvgIpc) is 3.06. The summed E-state index contributed by atoms with van der Waals surface area (Å²) >= 11 is 1.17. The van der Waals surface area contributed by atoms with Crippen LogP contribution in [0.15, 0.2) is 41.6 Å². The van der Waals surface area contributed by atoms with Gasteiger partial charge in [-0.15, -0.1) is 5.10 Å². The number of amides is 1. The lowest BCUT2D eigenvalue weighted by Crippen LogP contribution is -2.23. The van der Waals surface area contributed by atoms with Gasteiger partial charge in [-0.3, -0.25) is 4.79 Å². The molecule has 0 fully saturated rings. The fraction of sp³-hybridized carbons (Fsp3) is 0.222. The first-order valence-electron chi connectivity index (χ1n) is 8.13. The van der Waals surface area contributed by atoms with Crippen LogP contribution in [0, 0.1) is 25.5 Å². The molecule has 0 aliphatic rings. The number of aromatic nitrogens is 4. The number of halogens is 2. The maximum absolute atomic E-state index is 13.3. The molecule has 1 heterocycles. The monoisotopic (exact) mass is 389 g/mol. The van der Waals surface area contributed by atoms with E-state index in [4.69, 9.17) is 0 Å². The number of nitrogens with one attached hydrogen (secondary N) is 1. The van der Waals surface area contributed by atoms with Gasteiger partial charge in [0.25, 0.3) is 0 Å². The lowest BCUT2D eigenvalue weighted by atomic mass is 10.1. The van der Waals surface area contributed by atoms with E-state index in [-0.39, 0.29) is 11.6 Å². The highest BCUT2D eigenvalue weighted by atomic mass is 32.2. The summed E-state index contributed by atoms with van der Waals surface area (Å²) < 4.78 is 27.8. The molecule has 140 valence electrons. The van der Waals surface area contributed by atoms with Crippen molar-refractivity contribution in [1.82, 2.24) is 20.2 Å². The van der Waals surface area contributed by atoms with E-state index >= 15 is 0 Å². The SMILES string of the molecule is Cc1ccc(-n2nnnc2S[C@H](C)C(=O)Nc2ccc(F)c(F)c2)c(C)c1. The molecule has 3 aromatic rings. The number of tetrazole rings is 1. The molecule has 0 saturated heterocycles. The first kappa shape index (κ1) is 19.0. The number of thioether (sulfide) groups is 1. The van der Waals surface area contributed by atoms with Crippen molar-refractivity contribution in [3.05, 3.63) is 59.2 Å². The van der Waals surface area contributed by atoms with Crippen LogP contribution in [0.3, 0.4) is 0 Å². The van der Waals surface area contributed by atoms with Crippen molar-refractivity contribution >= 4 is 23.4 Å². The predicted molar refractivity (Wildman–Crippen MR) is 98.9 cm³/mol. The Balaban J connectivity index is 1.74. The van der Waals surface area contributed by atoms with E-state index in [1.165, 1.54) is 17.8 Å². The molecule has 0 aliphatic carbocycles. The normalized spacial score (nSPS) is 12.0. The summed E-state index contributed by atoms with van der Waals surface area (Å²) in [4.78, 5) is 12.4. The molecule has 3 rings (SSSR count). The van der Waals surface area contributed by atoms with Crippen LogP contribution in [0.2, 0.25) is 0 Å². The second-order valence-corrected chi connectivity index (χ2v) is 7.35. The van der Waals surface area contributed by atoms with Crippen LogP contribution in [0.5, 0.6) is 0 Å². The summed E-state index contributed by atoms with van der Waals surface area (Å²) in [6, 6.07) is 9.08. The summed E-state index contributed by atoms with van der Waals surface area (Å²) in [6.07, 6.45) is 0. The minimum absolute atomic E-state index is 0.181. The Kier molecular flexibility index (Phi) is 5.50. The molecule has 0 spiro atoms. The molecular formula is C18H17F2N5OS. The van der Waals surface area contributed by atoms with Gasteiger partial charge in [-0.2, -0.15) is 4.68 Å². The maximum Gasteiger partial charge on any atom is 0.237 e. The molecule has 1 aromatic heterocycles. The molecule has 0 saturated carbocycles. The molecule has 9 heteroatoms. The number of hydrogen-bond acceptors (Lipinski definition) is 5. The van der Waals surface area contributed by atoms with Gasteiger partial charge >= 0.3 is 0 Å². The summed E-state index contributed by atoms with van der Waals surface area (Å²) in [5, 5.41) is 14.1. The van der Waals surface area contributed by atoms with Gasteiger partial charge in [0.15, 0.2) is 11.6 Å². The van der Waals surface area contributed by atoms with Crippen molar-refractivity contribution in [1.29, 1.82) is 0 Å². The average molecular weight is 389 g/mol. The third-order valence-electron chi connectivity index (χ3n) is 3.86. The topological polar surface area (TPSA) is 72.7 Å². The highest BCUT2D eigenvalue weighted by Crippen LogP contribution is 2.25. The molecule has 0 radical (unpaired) electrons. The number of benzene rings is 2. The summed E-state index contributed by atoms with van der Waals surface area (Å²) in [5.74, 6) is -2.36. The third kappa shape index (κ3) is 4.30. The smallest absolute Gasteiger partial charge is 0.237 e. The quantitative estimate of drug-likeness (QED) is 0.674. The van der Waals surface area contributed by atoms with Gasteiger partial charge in [-0.05, 0) is 55.0 Å². The van der Waals surface area contributed by atoms with Crippen molar-refractivity contribution in [2.24, 2.45) is 0 Å². The van der Waals surface area contributed by atoms with E-state index in [9.17, 15) is 13.6 Å². The molecular weight excluding hydrogens is 372 g/mol. The van der Waals surface area contributed by atoms with E-state index in [2.05, 4.69) is 20.8 Å². The van der Waals surface area contributed by atoms with Crippen molar-refractivity contribution in [2.45, 2.75) is 31.2 Å². The maximum atomic E-state index is 13.3. The van der Waals surface area contributed by atoms with E-state index in [0.29, 0.717) is 5.16 Å². The van der Waals surface area contributed by atoms with Crippen molar-refractivity contribution < 1.29 is 13.6 Å². The zero-order chi connectivity index (χ0) is 19.6. The first-order chi connectivity index (χ1) is 12.8. The van der Waals surface area contributed by atoms with Gasteiger partial charge in [0, 0.05) is 11.8 Å². The minimum Gasteiger partial charge on any atom is -0.325 e. The Hall–Kier alpha value is -2.81. The lowest BCUT2D eigenvalue weighted by molar-refractivity contribution is -0.115. The van der Waals surface area contributed by atoms with Gasteiger partial charge in [0.1, 0.15) is 0 Å². The molecule has 1 atom stereocenters. The fourth-order valence-corrected chi connectivity index (χ4v) is 3.28. The lowest BCUT2D eigenvalue weighted by Gasteiger charge is -2.13. The van der Waals surface area contributed by atoms with Crippen LogP contribution in [0.25, 0.3) is 5.69 Å².